The van der Waals surface area contributed by atoms with Crippen molar-refractivity contribution in [1.29, 1.82) is 0 Å². The Hall–Kier alpha value is -1.18. The Morgan fingerprint density at radius 2 is 1.71 bits per heavy atom. The van der Waals surface area contributed by atoms with E-state index in [1.54, 1.807) is 0 Å². The molecule has 3 unspecified atom stereocenters. The van der Waals surface area contributed by atoms with Crippen molar-refractivity contribution in [2.75, 3.05) is 39.5 Å². The van der Waals surface area contributed by atoms with Crippen molar-refractivity contribution in [3.8, 4) is 0 Å². The van der Waals surface area contributed by atoms with Gasteiger partial charge in [0.1, 0.15) is 0 Å². The highest BCUT2D eigenvalue weighted by molar-refractivity contribution is 5.89. The fourth-order valence-corrected chi connectivity index (χ4v) is 3.80. The molecule has 0 aromatic rings. The van der Waals surface area contributed by atoms with Crippen molar-refractivity contribution in [2.45, 2.75) is 50.6 Å². The Kier molecular flexibility index (Phi) is 6.08. The van der Waals surface area contributed by atoms with Crippen LogP contribution in [0.25, 0.3) is 0 Å². The third kappa shape index (κ3) is 4.46. The van der Waals surface area contributed by atoms with E-state index in [2.05, 4.69) is 16.0 Å². The molecule has 0 aromatic heterocycles. The van der Waals surface area contributed by atoms with Gasteiger partial charge < -0.3 is 25.4 Å². The van der Waals surface area contributed by atoms with Crippen molar-refractivity contribution >= 4 is 11.8 Å². The van der Waals surface area contributed by atoms with Crippen LogP contribution in [-0.2, 0) is 19.1 Å². The molecule has 3 heterocycles. The lowest BCUT2D eigenvalue weighted by molar-refractivity contribution is -0.137. The lowest BCUT2D eigenvalue weighted by Gasteiger charge is -2.31. The normalized spacial score (nSPS) is 33.8. The molecule has 2 amide bonds. The zero-order chi connectivity index (χ0) is 16.8. The number of ether oxygens (including phenoxy) is 2. The Morgan fingerprint density at radius 3 is 2.25 bits per heavy atom. The van der Waals surface area contributed by atoms with E-state index in [0.717, 1.165) is 45.4 Å². The van der Waals surface area contributed by atoms with Gasteiger partial charge in [-0.25, -0.2) is 0 Å². The minimum Gasteiger partial charge on any atom is -0.379 e. The summed E-state index contributed by atoms with van der Waals surface area (Å²) >= 11 is 0. The lowest BCUT2D eigenvalue weighted by Crippen LogP contribution is -2.51. The lowest BCUT2D eigenvalue weighted by atomic mass is 9.81. The molecule has 0 radical (unpaired) electrons. The Balaban J connectivity index is 1.55. The molecule has 3 aliphatic heterocycles. The first-order valence-corrected chi connectivity index (χ1v) is 9.14. The summed E-state index contributed by atoms with van der Waals surface area (Å²) in [4.78, 5) is 25.3. The first-order valence-electron chi connectivity index (χ1n) is 9.14. The molecule has 7 nitrogen and oxygen atoms in total. The summed E-state index contributed by atoms with van der Waals surface area (Å²) in [6, 6.07) is 0.144. The molecule has 3 fully saturated rings. The maximum absolute atomic E-state index is 12.9. The van der Waals surface area contributed by atoms with Gasteiger partial charge in [0.25, 0.3) is 0 Å². The number of hydrogen-bond donors (Lipinski definition) is 3. The average Bonchev–Trinajstić information content (AvgIpc) is 3.06. The first-order chi connectivity index (χ1) is 11.7. The highest BCUT2D eigenvalue weighted by atomic mass is 16.5. The standard InChI is InChI=1S/C17H29N3O4/c21-15(19-13-3-1-7-23-10-13)9-17(5-6-18-12-17)16(22)20-14-4-2-8-24-11-14/h13-14,18H,1-12H2,(H,19,21)(H,20,22). The second kappa shape index (κ2) is 8.27. The number of carbonyl (C=O) groups is 2. The Morgan fingerprint density at radius 1 is 1.04 bits per heavy atom. The zero-order valence-corrected chi connectivity index (χ0v) is 14.3. The molecule has 0 saturated carbocycles. The number of hydrogen-bond acceptors (Lipinski definition) is 5. The molecule has 3 atom stereocenters. The van der Waals surface area contributed by atoms with E-state index in [0.29, 0.717) is 26.2 Å². The van der Waals surface area contributed by atoms with Gasteiger partial charge in [0.2, 0.25) is 11.8 Å². The monoisotopic (exact) mass is 339 g/mol. The van der Waals surface area contributed by atoms with Crippen LogP contribution in [0, 0.1) is 5.41 Å². The summed E-state index contributed by atoms with van der Waals surface area (Å²) in [5.74, 6) is -0.0673. The van der Waals surface area contributed by atoms with Gasteiger partial charge in [0.15, 0.2) is 0 Å². The molecule has 0 aliphatic carbocycles. The SMILES string of the molecule is O=C(CC1(C(=O)NC2CCCOC2)CCNC1)NC1CCCOC1. The van der Waals surface area contributed by atoms with Crippen LogP contribution in [0.2, 0.25) is 0 Å². The molecule has 136 valence electrons. The number of nitrogens with one attached hydrogen (secondary N) is 3. The van der Waals surface area contributed by atoms with Crippen molar-refractivity contribution in [1.82, 2.24) is 16.0 Å². The van der Waals surface area contributed by atoms with E-state index >= 15 is 0 Å². The maximum Gasteiger partial charge on any atom is 0.228 e. The van der Waals surface area contributed by atoms with Gasteiger partial charge in [0, 0.05) is 26.2 Å². The largest absolute Gasteiger partial charge is 0.379 e. The minimum absolute atomic E-state index is 0.0157. The molecule has 3 aliphatic rings. The molecule has 24 heavy (non-hydrogen) atoms. The van der Waals surface area contributed by atoms with Gasteiger partial charge in [-0.15, -0.1) is 0 Å². The fourth-order valence-electron chi connectivity index (χ4n) is 3.80. The second-order valence-corrected chi connectivity index (χ2v) is 7.25. The van der Waals surface area contributed by atoms with Gasteiger partial charge in [-0.2, -0.15) is 0 Å². The van der Waals surface area contributed by atoms with Crippen LogP contribution < -0.4 is 16.0 Å². The Labute approximate surface area is 143 Å². The van der Waals surface area contributed by atoms with Crippen molar-refractivity contribution in [2.24, 2.45) is 5.41 Å². The van der Waals surface area contributed by atoms with E-state index in [-0.39, 0.29) is 30.3 Å². The van der Waals surface area contributed by atoms with E-state index in [9.17, 15) is 9.59 Å². The van der Waals surface area contributed by atoms with Gasteiger partial charge in [-0.3, -0.25) is 9.59 Å². The minimum atomic E-state index is -0.642. The molecule has 3 saturated heterocycles. The molecular formula is C17H29N3O4. The quantitative estimate of drug-likeness (QED) is 0.653. The number of rotatable bonds is 5. The van der Waals surface area contributed by atoms with E-state index in [1.165, 1.54) is 0 Å². The predicted molar refractivity (Wildman–Crippen MR) is 88.5 cm³/mol. The van der Waals surface area contributed by atoms with Crippen LogP contribution in [-0.4, -0.2) is 63.4 Å². The smallest absolute Gasteiger partial charge is 0.228 e. The van der Waals surface area contributed by atoms with Gasteiger partial charge in [-0.1, -0.05) is 0 Å². The van der Waals surface area contributed by atoms with E-state index < -0.39 is 5.41 Å². The third-order valence-electron chi connectivity index (χ3n) is 5.25. The number of amides is 2. The summed E-state index contributed by atoms with van der Waals surface area (Å²) in [5.41, 5.74) is -0.642. The number of carbonyl (C=O) groups excluding carboxylic acids is 2. The molecule has 0 spiro atoms. The molecule has 7 heteroatoms. The highest BCUT2D eigenvalue weighted by Gasteiger charge is 2.44. The van der Waals surface area contributed by atoms with Crippen LogP contribution in [0.3, 0.4) is 0 Å². The van der Waals surface area contributed by atoms with Crippen LogP contribution >= 0.6 is 0 Å². The van der Waals surface area contributed by atoms with Crippen LogP contribution in [0.5, 0.6) is 0 Å². The van der Waals surface area contributed by atoms with Crippen molar-refractivity contribution < 1.29 is 19.1 Å². The van der Waals surface area contributed by atoms with Gasteiger partial charge in [0.05, 0.1) is 30.7 Å². The fraction of sp³-hybridized carbons (Fsp3) is 0.882. The maximum atomic E-state index is 12.9. The van der Waals surface area contributed by atoms with Crippen molar-refractivity contribution in [3.05, 3.63) is 0 Å². The molecule has 0 bridgehead atoms. The van der Waals surface area contributed by atoms with Gasteiger partial charge in [-0.05, 0) is 38.6 Å². The zero-order valence-electron chi connectivity index (χ0n) is 14.3. The average molecular weight is 339 g/mol. The molecule has 3 rings (SSSR count). The molecule has 3 N–H and O–H groups in total. The summed E-state index contributed by atoms with van der Waals surface area (Å²) in [6.45, 7) is 4.01. The first kappa shape index (κ1) is 17.6. The second-order valence-electron chi connectivity index (χ2n) is 7.25. The third-order valence-corrected chi connectivity index (χ3v) is 5.25. The molecular weight excluding hydrogens is 310 g/mol. The van der Waals surface area contributed by atoms with Crippen molar-refractivity contribution in [3.63, 3.8) is 0 Å². The van der Waals surface area contributed by atoms with Crippen LogP contribution in [0.15, 0.2) is 0 Å². The highest BCUT2D eigenvalue weighted by Crippen LogP contribution is 2.30. The van der Waals surface area contributed by atoms with Crippen LogP contribution in [0.1, 0.15) is 38.5 Å². The summed E-state index contributed by atoms with van der Waals surface area (Å²) < 4.78 is 10.8. The Bertz CT molecular complexity index is 439. The summed E-state index contributed by atoms with van der Waals surface area (Å²) in [5, 5.41) is 9.38. The van der Waals surface area contributed by atoms with E-state index in [1.807, 2.05) is 0 Å². The van der Waals surface area contributed by atoms with E-state index in [4.69, 9.17) is 9.47 Å². The van der Waals surface area contributed by atoms with Crippen LogP contribution in [0.4, 0.5) is 0 Å². The summed E-state index contributed by atoms with van der Waals surface area (Å²) in [7, 11) is 0. The van der Waals surface area contributed by atoms with Gasteiger partial charge >= 0.3 is 0 Å². The summed E-state index contributed by atoms with van der Waals surface area (Å²) in [6.07, 6.45) is 4.76. The molecule has 0 aromatic carbocycles. The topological polar surface area (TPSA) is 88.7 Å². The predicted octanol–water partition coefficient (Wildman–Crippen LogP) is -0.0534.